The molecule has 2 aromatic rings. The molecule has 2 N–H and O–H groups in total. The van der Waals surface area contributed by atoms with E-state index in [4.69, 9.17) is 11.6 Å². The van der Waals surface area contributed by atoms with Crippen molar-refractivity contribution in [2.24, 2.45) is 0 Å². The molecule has 0 saturated heterocycles. The highest BCUT2D eigenvalue weighted by Gasteiger charge is 2.30. The van der Waals surface area contributed by atoms with Crippen LogP contribution in [0, 0.1) is 0 Å². The summed E-state index contributed by atoms with van der Waals surface area (Å²) in [6.07, 6.45) is 0. The van der Waals surface area contributed by atoms with Gasteiger partial charge in [0.05, 0.1) is 30.2 Å². The summed E-state index contributed by atoms with van der Waals surface area (Å²) in [7, 11) is 3.41. The summed E-state index contributed by atoms with van der Waals surface area (Å²) in [5.74, 6) is 0.280. The molecule has 0 atom stereocenters. The molecule has 2 heterocycles. The predicted octanol–water partition coefficient (Wildman–Crippen LogP) is 2.60. The summed E-state index contributed by atoms with van der Waals surface area (Å²) < 4.78 is 0. The van der Waals surface area contributed by atoms with Crippen molar-refractivity contribution in [1.29, 1.82) is 0 Å². The van der Waals surface area contributed by atoms with Crippen LogP contribution in [-0.4, -0.2) is 42.5 Å². The van der Waals surface area contributed by atoms with E-state index in [9.17, 15) is 9.59 Å². The number of likely N-dealkylation sites (N-methyl/N-ethyl adjacent to an activating group) is 1. The summed E-state index contributed by atoms with van der Waals surface area (Å²) in [6.45, 7) is 0.571. The number of amides is 3. The van der Waals surface area contributed by atoms with E-state index in [1.165, 1.54) is 0 Å². The largest absolute Gasteiger partial charge is 0.329 e. The van der Waals surface area contributed by atoms with Gasteiger partial charge in [0.1, 0.15) is 5.82 Å². The molecule has 0 fully saturated rings. The molecule has 130 valence electrons. The van der Waals surface area contributed by atoms with Gasteiger partial charge < -0.3 is 15.5 Å². The van der Waals surface area contributed by atoms with Crippen LogP contribution < -0.4 is 15.5 Å². The minimum absolute atomic E-state index is 0.149. The second-order valence-corrected chi connectivity index (χ2v) is 6.13. The second-order valence-electron chi connectivity index (χ2n) is 5.69. The molecule has 0 aliphatic carbocycles. The molecular weight excluding hydrogens is 342 g/mol. The molecule has 3 amide bonds. The quantitative estimate of drug-likeness (QED) is 0.879. The minimum atomic E-state index is -0.176. The van der Waals surface area contributed by atoms with Gasteiger partial charge >= 0.3 is 6.03 Å². The van der Waals surface area contributed by atoms with Gasteiger partial charge in [0, 0.05) is 12.1 Å². The average molecular weight is 360 g/mol. The van der Waals surface area contributed by atoms with Gasteiger partial charge in [-0.1, -0.05) is 11.6 Å². The van der Waals surface area contributed by atoms with Gasteiger partial charge in [-0.15, -0.1) is 0 Å². The van der Waals surface area contributed by atoms with Crippen molar-refractivity contribution in [3.05, 3.63) is 47.1 Å². The van der Waals surface area contributed by atoms with Crippen LogP contribution in [0.15, 0.2) is 36.4 Å². The summed E-state index contributed by atoms with van der Waals surface area (Å²) in [4.78, 5) is 32.0. The molecule has 1 aromatic heterocycles. The molecule has 0 bridgehead atoms. The topological polar surface area (TPSA) is 77.6 Å². The number of hydrogen-bond donors (Lipinski definition) is 2. The number of pyridine rings is 1. The first-order valence-electron chi connectivity index (χ1n) is 7.75. The van der Waals surface area contributed by atoms with Gasteiger partial charge in [-0.05, 0) is 43.4 Å². The third kappa shape index (κ3) is 3.57. The highest BCUT2D eigenvalue weighted by atomic mass is 35.5. The normalized spacial score (nSPS) is 13.6. The molecule has 0 radical (unpaired) electrons. The first-order valence-corrected chi connectivity index (χ1v) is 8.12. The standard InChI is InChI=1S/C17H18ClN5O2/c1-19-9-16(24)21-15-8-7-14-13(20-15)10-22(2)17(25)23(14)12-5-3-11(18)4-6-12/h3-8,19H,9-10H2,1-2H3,(H,20,21,24). The smallest absolute Gasteiger partial charge is 0.321 e. The van der Waals surface area contributed by atoms with Crippen LogP contribution in [0.2, 0.25) is 5.02 Å². The third-order valence-corrected chi connectivity index (χ3v) is 4.04. The van der Waals surface area contributed by atoms with Gasteiger partial charge in [-0.2, -0.15) is 0 Å². The maximum atomic E-state index is 12.6. The van der Waals surface area contributed by atoms with E-state index in [1.807, 2.05) is 0 Å². The second kappa shape index (κ2) is 7.08. The van der Waals surface area contributed by atoms with E-state index in [1.54, 1.807) is 60.3 Å². The minimum Gasteiger partial charge on any atom is -0.321 e. The van der Waals surface area contributed by atoms with E-state index in [-0.39, 0.29) is 18.5 Å². The van der Waals surface area contributed by atoms with Gasteiger partial charge in [0.15, 0.2) is 0 Å². The van der Waals surface area contributed by atoms with Crippen molar-refractivity contribution >= 4 is 40.7 Å². The van der Waals surface area contributed by atoms with Crippen LogP contribution in [-0.2, 0) is 11.3 Å². The molecule has 0 unspecified atom stereocenters. The van der Waals surface area contributed by atoms with Crippen molar-refractivity contribution in [3.63, 3.8) is 0 Å². The number of urea groups is 1. The van der Waals surface area contributed by atoms with Gasteiger partial charge in [0.2, 0.25) is 5.91 Å². The molecule has 0 saturated carbocycles. The van der Waals surface area contributed by atoms with Crippen LogP contribution in [0.1, 0.15) is 5.69 Å². The number of hydrogen-bond acceptors (Lipinski definition) is 4. The summed E-state index contributed by atoms with van der Waals surface area (Å²) in [5.41, 5.74) is 2.10. The van der Waals surface area contributed by atoms with Crippen molar-refractivity contribution in [2.75, 3.05) is 30.9 Å². The Bertz CT molecular complexity index is 809. The van der Waals surface area contributed by atoms with Crippen molar-refractivity contribution in [2.45, 2.75) is 6.54 Å². The number of halogens is 1. The Labute approximate surface area is 150 Å². The Kier molecular flexibility index (Phi) is 4.87. The number of nitrogens with one attached hydrogen (secondary N) is 2. The number of aromatic nitrogens is 1. The van der Waals surface area contributed by atoms with Gasteiger partial charge in [-0.25, -0.2) is 9.78 Å². The third-order valence-electron chi connectivity index (χ3n) is 3.79. The Morgan fingerprint density at radius 2 is 1.96 bits per heavy atom. The van der Waals surface area contributed by atoms with Crippen molar-refractivity contribution in [1.82, 2.24) is 15.2 Å². The van der Waals surface area contributed by atoms with E-state index >= 15 is 0 Å². The number of anilines is 3. The lowest BCUT2D eigenvalue weighted by atomic mass is 10.1. The Hall–Kier alpha value is -2.64. The molecule has 7 nitrogen and oxygen atoms in total. The molecule has 0 spiro atoms. The summed E-state index contributed by atoms with van der Waals surface area (Å²) in [5, 5.41) is 6.11. The van der Waals surface area contributed by atoms with Crippen LogP contribution in [0.5, 0.6) is 0 Å². The molecule has 25 heavy (non-hydrogen) atoms. The number of nitrogens with zero attached hydrogens (tertiary/aromatic N) is 3. The van der Waals surface area contributed by atoms with E-state index in [0.29, 0.717) is 34.5 Å². The van der Waals surface area contributed by atoms with Gasteiger partial charge in [-0.3, -0.25) is 9.69 Å². The maximum absolute atomic E-state index is 12.6. The maximum Gasteiger partial charge on any atom is 0.329 e. The number of carbonyl (C=O) groups excluding carboxylic acids is 2. The first kappa shape index (κ1) is 17.2. The van der Waals surface area contributed by atoms with Crippen LogP contribution in [0.4, 0.5) is 22.0 Å². The zero-order valence-electron chi connectivity index (χ0n) is 13.9. The van der Waals surface area contributed by atoms with E-state index < -0.39 is 0 Å². The number of benzene rings is 1. The molecule has 1 aromatic carbocycles. The molecule has 8 heteroatoms. The number of rotatable bonds is 4. The number of fused-ring (bicyclic) bond motifs is 1. The highest BCUT2D eigenvalue weighted by Crippen LogP contribution is 2.34. The SMILES string of the molecule is CNCC(=O)Nc1ccc2c(n1)CN(C)C(=O)N2c1ccc(Cl)cc1. The Morgan fingerprint density at radius 1 is 1.24 bits per heavy atom. The fourth-order valence-corrected chi connectivity index (χ4v) is 2.76. The lowest BCUT2D eigenvalue weighted by Crippen LogP contribution is -2.43. The predicted molar refractivity (Wildman–Crippen MR) is 97.2 cm³/mol. The van der Waals surface area contributed by atoms with Crippen LogP contribution in [0.3, 0.4) is 0 Å². The lowest BCUT2D eigenvalue weighted by molar-refractivity contribution is -0.115. The molecule has 1 aliphatic rings. The van der Waals surface area contributed by atoms with Crippen molar-refractivity contribution < 1.29 is 9.59 Å². The molecule has 1 aliphatic heterocycles. The zero-order valence-corrected chi connectivity index (χ0v) is 14.7. The molecular formula is C17H18ClN5O2. The average Bonchev–Trinajstić information content (AvgIpc) is 2.57. The fraction of sp³-hybridized carbons (Fsp3) is 0.235. The number of carbonyl (C=O) groups is 2. The Balaban J connectivity index is 1.96. The lowest BCUT2D eigenvalue weighted by Gasteiger charge is -2.34. The van der Waals surface area contributed by atoms with Crippen LogP contribution in [0.25, 0.3) is 0 Å². The van der Waals surface area contributed by atoms with E-state index in [2.05, 4.69) is 15.6 Å². The summed E-state index contributed by atoms with van der Waals surface area (Å²) >= 11 is 5.94. The van der Waals surface area contributed by atoms with Crippen molar-refractivity contribution in [3.8, 4) is 0 Å². The van der Waals surface area contributed by atoms with Gasteiger partial charge in [0.25, 0.3) is 0 Å². The van der Waals surface area contributed by atoms with E-state index in [0.717, 1.165) is 0 Å². The summed E-state index contributed by atoms with van der Waals surface area (Å²) in [6, 6.07) is 10.4. The fourth-order valence-electron chi connectivity index (χ4n) is 2.64. The molecule has 3 rings (SSSR count). The highest BCUT2D eigenvalue weighted by molar-refractivity contribution is 6.30. The van der Waals surface area contributed by atoms with Crippen LogP contribution >= 0.6 is 11.6 Å². The first-order chi connectivity index (χ1) is 12.0. The monoisotopic (exact) mass is 359 g/mol. The Morgan fingerprint density at radius 3 is 2.64 bits per heavy atom. The zero-order chi connectivity index (χ0) is 18.0.